The lowest BCUT2D eigenvalue weighted by atomic mass is 10.1. The first kappa shape index (κ1) is 17.6. The number of benzene rings is 1. The fourth-order valence-corrected chi connectivity index (χ4v) is 3.95. The van der Waals surface area contributed by atoms with Gasteiger partial charge in [0.15, 0.2) is 0 Å². The molecule has 1 aliphatic heterocycles. The molecule has 1 N–H and O–H groups in total. The van der Waals surface area contributed by atoms with E-state index >= 15 is 0 Å². The molecule has 5 nitrogen and oxygen atoms in total. The third-order valence-electron chi connectivity index (χ3n) is 5.48. The summed E-state index contributed by atoms with van der Waals surface area (Å²) < 4.78 is 2.00. The highest BCUT2D eigenvalue weighted by atomic mass is 16.1. The Morgan fingerprint density at radius 3 is 2.85 bits per heavy atom. The van der Waals surface area contributed by atoms with Crippen LogP contribution < -0.4 is 10.2 Å². The molecule has 0 aliphatic carbocycles. The molecule has 0 radical (unpaired) electrons. The Morgan fingerprint density at radius 2 is 2.00 bits per heavy atom. The Labute approximate surface area is 160 Å². The van der Waals surface area contributed by atoms with Gasteiger partial charge in [-0.25, -0.2) is 4.98 Å². The van der Waals surface area contributed by atoms with Crippen LogP contribution >= 0.6 is 0 Å². The summed E-state index contributed by atoms with van der Waals surface area (Å²) in [5, 5.41) is 3.12. The van der Waals surface area contributed by atoms with Crippen molar-refractivity contribution in [2.24, 2.45) is 5.92 Å². The summed E-state index contributed by atoms with van der Waals surface area (Å²) in [6.45, 7) is 6.98. The lowest BCUT2D eigenvalue weighted by Gasteiger charge is -2.21. The molecule has 140 valence electrons. The smallest absolute Gasteiger partial charge is 0.226 e. The number of nitrogens with one attached hydrogen (secondary N) is 1. The van der Waals surface area contributed by atoms with E-state index in [1.54, 1.807) is 6.20 Å². The summed E-state index contributed by atoms with van der Waals surface area (Å²) in [5.41, 5.74) is 5.59. The number of amides is 1. The fraction of sp³-hybridized carbons (Fsp3) is 0.364. The lowest BCUT2D eigenvalue weighted by molar-refractivity contribution is -0.120. The number of rotatable bonds is 5. The molecule has 3 heterocycles. The summed E-state index contributed by atoms with van der Waals surface area (Å²) in [5.74, 6) is 0.561. The van der Waals surface area contributed by atoms with Crippen LogP contribution in [0.5, 0.6) is 0 Å². The van der Waals surface area contributed by atoms with Crippen LogP contribution in [0, 0.1) is 19.8 Å². The van der Waals surface area contributed by atoms with Gasteiger partial charge in [-0.1, -0.05) is 24.3 Å². The highest BCUT2D eigenvalue weighted by molar-refractivity contribution is 5.78. The molecule has 1 atom stereocenters. The van der Waals surface area contributed by atoms with Gasteiger partial charge in [-0.3, -0.25) is 4.79 Å². The van der Waals surface area contributed by atoms with Crippen LogP contribution in [0.1, 0.15) is 23.2 Å². The van der Waals surface area contributed by atoms with Gasteiger partial charge < -0.3 is 14.6 Å². The van der Waals surface area contributed by atoms with Crippen LogP contribution in [-0.4, -0.2) is 34.9 Å². The van der Waals surface area contributed by atoms with Crippen LogP contribution in [0.15, 0.2) is 48.8 Å². The maximum absolute atomic E-state index is 12.4. The van der Waals surface area contributed by atoms with Crippen molar-refractivity contribution < 1.29 is 4.79 Å². The molecular weight excluding hydrogens is 336 g/mol. The van der Waals surface area contributed by atoms with Crippen LogP contribution in [0.2, 0.25) is 0 Å². The van der Waals surface area contributed by atoms with Crippen molar-refractivity contribution in [3.63, 3.8) is 0 Å². The molecule has 5 heteroatoms. The number of carbonyl (C=O) groups excluding carboxylic acids is 1. The SMILES string of the molecule is Cc1ccccc1N1CC[C@@H](CNC(=O)Cc2cnc3c(C)cccn23)C1. The zero-order valence-corrected chi connectivity index (χ0v) is 16.0. The van der Waals surface area contributed by atoms with E-state index in [0.717, 1.165) is 43.0 Å². The van der Waals surface area contributed by atoms with Crippen molar-refractivity contribution in [3.8, 4) is 0 Å². The molecule has 1 amide bonds. The second-order valence-electron chi connectivity index (χ2n) is 7.50. The van der Waals surface area contributed by atoms with E-state index in [2.05, 4.69) is 46.4 Å². The molecule has 1 aliphatic rings. The van der Waals surface area contributed by atoms with Crippen molar-refractivity contribution >= 4 is 17.2 Å². The number of para-hydroxylation sites is 1. The quantitative estimate of drug-likeness (QED) is 0.759. The maximum atomic E-state index is 12.4. The average Bonchev–Trinajstić information content (AvgIpc) is 3.29. The number of nitrogens with zero attached hydrogens (tertiary/aromatic N) is 3. The Kier molecular flexibility index (Phi) is 4.84. The Hall–Kier alpha value is -2.82. The number of aryl methyl sites for hydroxylation is 2. The van der Waals surface area contributed by atoms with Gasteiger partial charge in [0.25, 0.3) is 0 Å². The molecule has 1 aromatic carbocycles. The molecule has 0 bridgehead atoms. The second kappa shape index (κ2) is 7.43. The molecule has 27 heavy (non-hydrogen) atoms. The van der Waals surface area contributed by atoms with Crippen LogP contribution in [-0.2, 0) is 11.2 Å². The van der Waals surface area contributed by atoms with Crippen molar-refractivity contribution in [1.29, 1.82) is 0 Å². The first-order chi connectivity index (χ1) is 13.1. The topological polar surface area (TPSA) is 49.6 Å². The van der Waals surface area contributed by atoms with E-state index in [9.17, 15) is 4.79 Å². The number of hydrogen-bond donors (Lipinski definition) is 1. The predicted octanol–water partition coefficient (Wildman–Crippen LogP) is 3.14. The summed E-state index contributed by atoms with van der Waals surface area (Å²) >= 11 is 0. The first-order valence-electron chi connectivity index (χ1n) is 9.60. The van der Waals surface area contributed by atoms with Gasteiger partial charge >= 0.3 is 0 Å². The van der Waals surface area contributed by atoms with Crippen molar-refractivity contribution in [3.05, 3.63) is 65.6 Å². The van der Waals surface area contributed by atoms with Gasteiger partial charge in [0.05, 0.1) is 12.1 Å². The highest BCUT2D eigenvalue weighted by Crippen LogP contribution is 2.26. The van der Waals surface area contributed by atoms with Gasteiger partial charge in [-0.15, -0.1) is 0 Å². The van der Waals surface area contributed by atoms with Gasteiger partial charge in [-0.2, -0.15) is 0 Å². The molecular formula is C22H26N4O. The number of anilines is 1. The van der Waals surface area contributed by atoms with E-state index in [4.69, 9.17) is 0 Å². The monoisotopic (exact) mass is 362 g/mol. The van der Waals surface area contributed by atoms with E-state index in [1.807, 2.05) is 29.7 Å². The maximum Gasteiger partial charge on any atom is 0.226 e. The number of imidazole rings is 1. The normalized spacial score (nSPS) is 16.8. The van der Waals surface area contributed by atoms with Crippen LogP contribution in [0.4, 0.5) is 5.69 Å². The molecule has 4 rings (SSSR count). The summed E-state index contributed by atoms with van der Waals surface area (Å²) in [6, 6.07) is 12.5. The third-order valence-corrected chi connectivity index (χ3v) is 5.48. The molecule has 1 fully saturated rings. The highest BCUT2D eigenvalue weighted by Gasteiger charge is 2.24. The summed E-state index contributed by atoms with van der Waals surface area (Å²) in [6.07, 6.45) is 5.24. The second-order valence-corrected chi connectivity index (χ2v) is 7.50. The third kappa shape index (κ3) is 3.68. The molecule has 1 saturated heterocycles. The largest absolute Gasteiger partial charge is 0.371 e. The average molecular weight is 362 g/mol. The number of fused-ring (bicyclic) bond motifs is 1. The Morgan fingerprint density at radius 1 is 1.19 bits per heavy atom. The summed E-state index contributed by atoms with van der Waals surface area (Å²) in [4.78, 5) is 19.3. The molecule has 2 aromatic heterocycles. The van der Waals surface area contributed by atoms with Gasteiger partial charge in [0.1, 0.15) is 5.65 Å². The zero-order valence-electron chi connectivity index (χ0n) is 16.0. The summed E-state index contributed by atoms with van der Waals surface area (Å²) in [7, 11) is 0. The predicted molar refractivity (Wildman–Crippen MR) is 108 cm³/mol. The molecule has 0 spiro atoms. The fourth-order valence-electron chi connectivity index (χ4n) is 3.95. The van der Waals surface area contributed by atoms with Crippen molar-refractivity contribution in [2.75, 3.05) is 24.5 Å². The van der Waals surface area contributed by atoms with E-state index in [-0.39, 0.29) is 5.91 Å². The number of pyridine rings is 1. The Bertz CT molecular complexity index is 962. The zero-order chi connectivity index (χ0) is 18.8. The van der Waals surface area contributed by atoms with Crippen molar-refractivity contribution in [2.45, 2.75) is 26.7 Å². The number of aromatic nitrogens is 2. The van der Waals surface area contributed by atoms with E-state index in [1.165, 1.54) is 11.3 Å². The lowest BCUT2D eigenvalue weighted by Crippen LogP contribution is -2.32. The molecule has 0 saturated carbocycles. The molecule has 0 unspecified atom stereocenters. The van der Waals surface area contributed by atoms with Gasteiger partial charge in [0, 0.05) is 37.7 Å². The number of hydrogen-bond acceptors (Lipinski definition) is 3. The minimum atomic E-state index is 0.0626. The number of carbonyl (C=O) groups is 1. The standard InChI is InChI=1S/C22H26N4O/c1-16-6-3-4-8-20(16)25-11-9-18(15-25)13-23-21(27)12-19-14-24-22-17(2)7-5-10-26(19)22/h3-8,10,14,18H,9,11-13,15H2,1-2H3,(H,23,27)/t18-/m0/s1. The molecule has 3 aromatic rings. The van der Waals surface area contributed by atoms with Crippen LogP contribution in [0.3, 0.4) is 0 Å². The first-order valence-corrected chi connectivity index (χ1v) is 9.60. The minimum absolute atomic E-state index is 0.0626. The van der Waals surface area contributed by atoms with E-state index in [0.29, 0.717) is 12.3 Å². The van der Waals surface area contributed by atoms with E-state index < -0.39 is 0 Å². The van der Waals surface area contributed by atoms with Crippen molar-refractivity contribution in [1.82, 2.24) is 14.7 Å². The minimum Gasteiger partial charge on any atom is -0.371 e. The van der Waals surface area contributed by atoms with Crippen LogP contribution in [0.25, 0.3) is 5.65 Å². The van der Waals surface area contributed by atoms with Gasteiger partial charge in [0.2, 0.25) is 5.91 Å². The Balaban J connectivity index is 1.32. The van der Waals surface area contributed by atoms with Gasteiger partial charge in [-0.05, 0) is 49.4 Å².